The Morgan fingerprint density at radius 2 is 1.57 bits per heavy atom. The maximum Gasteiger partial charge on any atom is 0.255 e. The van der Waals surface area contributed by atoms with Crippen LogP contribution in [0.1, 0.15) is 26.3 Å². The molecule has 3 aromatic carbocycles. The predicted octanol–water partition coefficient (Wildman–Crippen LogP) is 4.70. The third-order valence-electron chi connectivity index (χ3n) is 4.10. The summed E-state index contributed by atoms with van der Waals surface area (Å²) in [6.45, 7) is 0.435. The number of rotatable bonds is 6. The Hall–Kier alpha value is -3.18. The van der Waals surface area contributed by atoms with Crippen LogP contribution in [0.2, 0.25) is 5.02 Å². The Bertz CT molecular complexity index is 1010. The van der Waals surface area contributed by atoms with Crippen LogP contribution in [-0.4, -0.2) is 18.4 Å². The maximum atomic E-state index is 13.7. The van der Waals surface area contributed by atoms with Crippen LogP contribution < -0.4 is 10.6 Å². The maximum absolute atomic E-state index is 13.7. The van der Waals surface area contributed by atoms with E-state index >= 15 is 0 Å². The summed E-state index contributed by atoms with van der Waals surface area (Å²) in [5.74, 6) is -1.30. The second kappa shape index (κ2) is 9.15. The minimum Gasteiger partial charge on any atom is -0.352 e. The van der Waals surface area contributed by atoms with Gasteiger partial charge in [-0.2, -0.15) is 0 Å². The zero-order valence-corrected chi connectivity index (χ0v) is 15.7. The van der Waals surface area contributed by atoms with Crippen molar-refractivity contribution < 1.29 is 14.0 Å². The number of halogens is 2. The van der Waals surface area contributed by atoms with Crippen molar-refractivity contribution in [3.8, 4) is 0 Å². The number of benzene rings is 3. The van der Waals surface area contributed by atoms with Gasteiger partial charge in [0.1, 0.15) is 5.82 Å². The first-order valence-electron chi connectivity index (χ1n) is 8.71. The lowest BCUT2D eigenvalue weighted by Crippen LogP contribution is -2.26. The van der Waals surface area contributed by atoms with Crippen LogP contribution in [0.25, 0.3) is 0 Å². The smallest absolute Gasteiger partial charge is 0.255 e. The average molecular weight is 397 g/mol. The number of amides is 2. The summed E-state index contributed by atoms with van der Waals surface area (Å²) in [5.41, 5.74) is 1.73. The second-order valence-electron chi connectivity index (χ2n) is 6.15. The van der Waals surface area contributed by atoms with E-state index in [0.29, 0.717) is 23.6 Å². The number of para-hydroxylation sites is 1. The third kappa shape index (κ3) is 5.18. The topological polar surface area (TPSA) is 58.2 Å². The van der Waals surface area contributed by atoms with Crippen LogP contribution in [0.3, 0.4) is 0 Å². The molecule has 6 heteroatoms. The van der Waals surface area contributed by atoms with Gasteiger partial charge in [0.15, 0.2) is 0 Å². The van der Waals surface area contributed by atoms with Gasteiger partial charge in [-0.15, -0.1) is 0 Å². The van der Waals surface area contributed by atoms with Crippen molar-refractivity contribution in [2.75, 3.05) is 11.9 Å². The average Bonchev–Trinajstić information content (AvgIpc) is 2.70. The summed E-state index contributed by atoms with van der Waals surface area (Å²) in [7, 11) is 0. The Morgan fingerprint density at radius 1 is 0.857 bits per heavy atom. The van der Waals surface area contributed by atoms with Crippen molar-refractivity contribution in [1.29, 1.82) is 0 Å². The summed E-state index contributed by atoms with van der Waals surface area (Å²) in [6.07, 6.45) is 0.639. The molecule has 0 fully saturated rings. The molecule has 4 nitrogen and oxygen atoms in total. The highest BCUT2D eigenvalue weighted by Gasteiger charge is 2.12. The van der Waals surface area contributed by atoms with Crippen LogP contribution in [-0.2, 0) is 6.42 Å². The lowest BCUT2D eigenvalue weighted by Gasteiger charge is -2.09. The first-order chi connectivity index (χ1) is 13.5. The fourth-order valence-electron chi connectivity index (χ4n) is 2.67. The number of hydrogen-bond donors (Lipinski definition) is 2. The molecule has 0 saturated heterocycles. The summed E-state index contributed by atoms with van der Waals surface area (Å²) >= 11 is 5.95. The Labute approximate surface area is 167 Å². The van der Waals surface area contributed by atoms with Gasteiger partial charge in [-0.05, 0) is 54.4 Å². The quantitative estimate of drug-likeness (QED) is 0.634. The summed E-state index contributed by atoms with van der Waals surface area (Å²) in [6, 6.07) is 19.6. The van der Waals surface area contributed by atoms with E-state index in [1.165, 1.54) is 18.2 Å². The predicted molar refractivity (Wildman–Crippen MR) is 108 cm³/mol. The van der Waals surface area contributed by atoms with Gasteiger partial charge in [-0.1, -0.05) is 41.9 Å². The highest BCUT2D eigenvalue weighted by atomic mass is 35.5. The fraction of sp³-hybridized carbons (Fsp3) is 0.0909. The Balaban J connectivity index is 1.61. The normalized spacial score (nSPS) is 10.4. The van der Waals surface area contributed by atoms with E-state index in [-0.39, 0.29) is 17.2 Å². The van der Waals surface area contributed by atoms with Crippen LogP contribution in [0.5, 0.6) is 0 Å². The van der Waals surface area contributed by atoms with E-state index in [4.69, 9.17) is 11.6 Å². The summed E-state index contributed by atoms with van der Waals surface area (Å²) in [4.78, 5) is 24.7. The Morgan fingerprint density at radius 3 is 2.32 bits per heavy atom. The van der Waals surface area contributed by atoms with Gasteiger partial charge in [0.05, 0.1) is 5.69 Å². The van der Waals surface area contributed by atoms with E-state index in [9.17, 15) is 14.0 Å². The molecule has 0 bridgehead atoms. The van der Waals surface area contributed by atoms with Crippen LogP contribution in [0, 0.1) is 5.82 Å². The standard InChI is InChI=1S/C22H18ClFN2O2/c23-18-8-3-5-15(13-18)11-12-25-21(27)16-6-4-7-17(14-16)22(28)26-20-10-2-1-9-19(20)24/h1-10,13-14H,11-12H2,(H,25,27)(H,26,28). The van der Waals surface area contributed by atoms with Gasteiger partial charge in [0, 0.05) is 22.7 Å². The van der Waals surface area contributed by atoms with E-state index < -0.39 is 11.7 Å². The van der Waals surface area contributed by atoms with Crippen molar-refractivity contribution >= 4 is 29.1 Å². The third-order valence-corrected chi connectivity index (χ3v) is 4.33. The molecule has 2 N–H and O–H groups in total. The van der Waals surface area contributed by atoms with Crippen molar-refractivity contribution in [2.45, 2.75) is 6.42 Å². The van der Waals surface area contributed by atoms with E-state index in [1.54, 1.807) is 36.4 Å². The van der Waals surface area contributed by atoms with Crippen molar-refractivity contribution in [3.63, 3.8) is 0 Å². The number of nitrogens with one attached hydrogen (secondary N) is 2. The minimum absolute atomic E-state index is 0.0869. The molecular formula is C22H18ClFN2O2. The van der Waals surface area contributed by atoms with Crippen LogP contribution in [0.15, 0.2) is 72.8 Å². The molecule has 3 rings (SSSR count). The molecular weight excluding hydrogens is 379 g/mol. The second-order valence-corrected chi connectivity index (χ2v) is 6.59. The summed E-state index contributed by atoms with van der Waals surface area (Å²) in [5, 5.41) is 5.97. The van der Waals surface area contributed by atoms with Crippen molar-refractivity contribution in [3.05, 3.63) is 100 Å². The van der Waals surface area contributed by atoms with Gasteiger partial charge in [-0.3, -0.25) is 9.59 Å². The monoisotopic (exact) mass is 396 g/mol. The molecule has 142 valence electrons. The van der Waals surface area contributed by atoms with E-state index in [2.05, 4.69) is 10.6 Å². The van der Waals surface area contributed by atoms with Crippen molar-refractivity contribution in [1.82, 2.24) is 5.32 Å². The van der Waals surface area contributed by atoms with Gasteiger partial charge in [0.2, 0.25) is 0 Å². The van der Waals surface area contributed by atoms with Gasteiger partial charge in [0.25, 0.3) is 11.8 Å². The molecule has 0 saturated carbocycles. The lowest BCUT2D eigenvalue weighted by molar-refractivity contribution is 0.0954. The molecule has 3 aromatic rings. The first-order valence-corrected chi connectivity index (χ1v) is 9.09. The number of hydrogen-bond acceptors (Lipinski definition) is 2. The molecule has 28 heavy (non-hydrogen) atoms. The zero-order chi connectivity index (χ0) is 19.9. The molecule has 0 spiro atoms. The largest absolute Gasteiger partial charge is 0.352 e. The molecule has 0 aromatic heterocycles. The zero-order valence-electron chi connectivity index (χ0n) is 14.9. The van der Waals surface area contributed by atoms with Gasteiger partial charge < -0.3 is 10.6 Å². The Kier molecular flexibility index (Phi) is 6.40. The number of carbonyl (C=O) groups is 2. The molecule has 0 aliphatic heterocycles. The lowest BCUT2D eigenvalue weighted by atomic mass is 10.1. The minimum atomic E-state index is -0.522. The number of anilines is 1. The van der Waals surface area contributed by atoms with Gasteiger partial charge in [-0.25, -0.2) is 4.39 Å². The van der Waals surface area contributed by atoms with Crippen molar-refractivity contribution in [2.24, 2.45) is 0 Å². The van der Waals surface area contributed by atoms with E-state index in [0.717, 1.165) is 5.56 Å². The van der Waals surface area contributed by atoms with Crippen LogP contribution >= 0.6 is 11.6 Å². The van der Waals surface area contributed by atoms with Gasteiger partial charge >= 0.3 is 0 Å². The fourth-order valence-corrected chi connectivity index (χ4v) is 2.89. The van der Waals surface area contributed by atoms with Crippen LogP contribution in [0.4, 0.5) is 10.1 Å². The SMILES string of the molecule is O=C(NCCc1cccc(Cl)c1)c1cccc(C(=O)Nc2ccccc2F)c1. The molecule has 0 atom stereocenters. The highest BCUT2D eigenvalue weighted by Crippen LogP contribution is 2.15. The van der Waals surface area contributed by atoms with E-state index in [1.807, 2.05) is 18.2 Å². The molecule has 0 unspecified atom stereocenters. The highest BCUT2D eigenvalue weighted by molar-refractivity contribution is 6.30. The summed E-state index contributed by atoms with van der Waals surface area (Å²) < 4.78 is 13.7. The molecule has 0 radical (unpaired) electrons. The molecule has 0 heterocycles. The molecule has 0 aliphatic rings. The molecule has 2 amide bonds. The number of carbonyl (C=O) groups excluding carboxylic acids is 2. The first kappa shape index (κ1) is 19.6. The molecule has 0 aliphatic carbocycles.